The number of halogens is 1. The molecule has 0 aliphatic heterocycles. The van der Waals surface area contributed by atoms with Crippen LogP contribution in [0.2, 0.25) is 5.02 Å². The minimum absolute atomic E-state index is 0.0728. The Morgan fingerprint density at radius 3 is 2.52 bits per heavy atom. The van der Waals surface area contributed by atoms with E-state index in [4.69, 9.17) is 16.3 Å². The lowest BCUT2D eigenvalue weighted by Crippen LogP contribution is -2.22. The fraction of sp³-hybridized carbons (Fsp3) is 0.333. The molecule has 0 aromatic heterocycles. The predicted octanol–water partition coefficient (Wildman–Crippen LogP) is 4.66. The second-order valence-electron chi connectivity index (χ2n) is 5.24. The summed E-state index contributed by atoms with van der Waals surface area (Å²) in [7, 11) is 1.71. The zero-order chi connectivity index (χ0) is 15.4. The van der Waals surface area contributed by atoms with Crippen LogP contribution in [-0.4, -0.2) is 13.7 Å². The first-order valence-corrected chi connectivity index (χ1v) is 7.58. The topological polar surface area (TPSA) is 21.3 Å². The Hall–Kier alpha value is -1.51. The van der Waals surface area contributed by atoms with Crippen LogP contribution < -0.4 is 10.1 Å². The maximum Gasteiger partial charge on any atom is 0.124 e. The molecule has 0 aliphatic carbocycles. The van der Waals surface area contributed by atoms with Crippen molar-refractivity contribution in [2.75, 3.05) is 13.7 Å². The fourth-order valence-corrected chi connectivity index (χ4v) is 2.65. The molecule has 1 unspecified atom stereocenters. The van der Waals surface area contributed by atoms with Crippen LogP contribution in [-0.2, 0) is 0 Å². The molecule has 0 amide bonds. The summed E-state index contributed by atoms with van der Waals surface area (Å²) in [6, 6.07) is 12.6. The maximum atomic E-state index is 6.29. The average Bonchev–Trinajstić information content (AvgIpc) is 2.48. The SMILES string of the molecule is CCNC(c1ccc(C)c(Cl)c1)c1ccc(C)cc1OC. The van der Waals surface area contributed by atoms with Crippen LogP contribution in [0.25, 0.3) is 0 Å². The first-order chi connectivity index (χ1) is 10.1. The van der Waals surface area contributed by atoms with Crippen LogP contribution in [0.15, 0.2) is 36.4 Å². The predicted molar refractivity (Wildman–Crippen MR) is 89.4 cm³/mol. The Bertz CT molecular complexity index is 625. The molecule has 112 valence electrons. The number of hydrogen-bond donors (Lipinski definition) is 1. The molecule has 2 aromatic rings. The van der Waals surface area contributed by atoms with E-state index in [0.29, 0.717) is 0 Å². The summed E-state index contributed by atoms with van der Waals surface area (Å²) in [5.41, 5.74) is 4.55. The van der Waals surface area contributed by atoms with Crippen molar-refractivity contribution in [2.45, 2.75) is 26.8 Å². The van der Waals surface area contributed by atoms with Crippen LogP contribution >= 0.6 is 11.6 Å². The Morgan fingerprint density at radius 2 is 1.90 bits per heavy atom. The highest BCUT2D eigenvalue weighted by Gasteiger charge is 2.18. The van der Waals surface area contributed by atoms with Crippen LogP contribution in [0.3, 0.4) is 0 Å². The summed E-state index contributed by atoms with van der Waals surface area (Å²) >= 11 is 6.29. The maximum absolute atomic E-state index is 6.29. The highest BCUT2D eigenvalue weighted by Crippen LogP contribution is 2.32. The molecule has 0 saturated carbocycles. The minimum atomic E-state index is 0.0728. The first-order valence-electron chi connectivity index (χ1n) is 7.20. The van der Waals surface area contributed by atoms with Crippen molar-refractivity contribution in [3.8, 4) is 5.75 Å². The van der Waals surface area contributed by atoms with Crippen LogP contribution in [0.1, 0.15) is 35.2 Å². The number of hydrogen-bond acceptors (Lipinski definition) is 2. The number of benzene rings is 2. The van der Waals surface area contributed by atoms with E-state index in [1.807, 2.05) is 13.0 Å². The molecular weight excluding hydrogens is 282 g/mol. The Morgan fingerprint density at radius 1 is 1.14 bits per heavy atom. The lowest BCUT2D eigenvalue weighted by molar-refractivity contribution is 0.404. The van der Waals surface area contributed by atoms with Crippen molar-refractivity contribution in [1.29, 1.82) is 0 Å². The second kappa shape index (κ2) is 6.97. The third-order valence-corrected chi connectivity index (χ3v) is 4.04. The molecule has 0 fully saturated rings. The molecule has 1 atom stereocenters. The molecule has 21 heavy (non-hydrogen) atoms. The van der Waals surface area contributed by atoms with Gasteiger partial charge in [-0.1, -0.05) is 42.8 Å². The molecule has 0 radical (unpaired) electrons. The van der Waals surface area contributed by atoms with Crippen molar-refractivity contribution in [3.05, 3.63) is 63.7 Å². The quantitative estimate of drug-likeness (QED) is 0.867. The summed E-state index contributed by atoms with van der Waals surface area (Å²) < 4.78 is 5.56. The van der Waals surface area contributed by atoms with Crippen LogP contribution in [0.5, 0.6) is 5.75 Å². The molecule has 0 saturated heterocycles. The van der Waals surface area contributed by atoms with E-state index >= 15 is 0 Å². The van der Waals surface area contributed by atoms with Gasteiger partial charge >= 0.3 is 0 Å². The van der Waals surface area contributed by atoms with Crippen LogP contribution in [0, 0.1) is 13.8 Å². The van der Waals surface area contributed by atoms with E-state index in [0.717, 1.165) is 34.0 Å². The highest BCUT2D eigenvalue weighted by atomic mass is 35.5. The summed E-state index contributed by atoms with van der Waals surface area (Å²) in [5.74, 6) is 0.901. The van der Waals surface area contributed by atoms with E-state index in [1.165, 1.54) is 5.56 Å². The Labute approximate surface area is 132 Å². The van der Waals surface area contributed by atoms with E-state index < -0.39 is 0 Å². The Kier molecular flexibility index (Phi) is 5.27. The van der Waals surface area contributed by atoms with Gasteiger partial charge in [-0.2, -0.15) is 0 Å². The summed E-state index contributed by atoms with van der Waals surface area (Å²) in [6.07, 6.45) is 0. The molecule has 0 bridgehead atoms. The smallest absolute Gasteiger partial charge is 0.124 e. The summed E-state index contributed by atoms with van der Waals surface area (Å²) in [4.78, 5) is 0. The first kappa shape index (κ1) is 15.9. The zero-order valence-electron chi connectivity index (χ0n) is 13.0. The van der Waals surface area contributed by atoms with Gasteiger partial charge in [-0.05, 0) is 49.2 Å². The van der Waals surface area contributed by atoms with Crippen molar-refractivity contribution >= 4 is 11.6 Å². The molecule has 0 heterocycles. The van der Waals surface area contributed by atoms with Crippen LogP contribution in [0.4, 0.5) is 0 Å². The summed E-state index contributed by atoms with van der Waals surface area (Å²) in [6.45, 7) is 7.05. The molecule has 0 spiro atoms. The standard InChI is InChI=1S/C18H22ClNO/c1-5-20-18(14-8-7-13(3)16(19)11-14)15-9-6-12(2)10-17(15)21-4/h6-11,18,20H,5H2,1-4H3. The minimum Gasteiger partial charge on any atom is -0.496 e. The lowest BCUT2D eigenvalue weighted by atomic mass is 9.96. The normalized spacial score (nSPS) is 12.2. The van der Waals surface area contributed by atoms with E-state index in [2.05, 4.69) is 49.5 Å². The number of methoxy groups -OCH3 is 1. The van der Waals surface area contributed by atoms with Gasteiger partial charge in [0.15, 0.2) is 0 Å². The molecule has 0 aliphatic rings. The van der Waals surface area contributed by atoms with E-state index in [9.17, 15) is 0 Å². The molecular formula is C18H22ClNO. The number of aryl methyl sites for hydroxylation is 2. The number of nitrogens with one attached hydrogen (secondary N) is 1. The van der Waals surface area contributed by atoms with Gasteiger partial charge in [0.1, 0.15) is 5.75 Å². The Balaban J connectivity index is 2.50. The third kappa shape index (κ3) is 3.58. The third-order valence-electron chi connectivity index (χ3n) is 3.64. The molecule has 2 aromatic carbocycles. The van der Waals surface area contributed by atoms with Gasteiger partial charge < -0.3 is 10.1 Å². The van der Waals surface area contributed by atoms with Gasteiger partial charge in [-0.3, -0.25) is 0 Å². The lowest BCUT2D eigenvalue weighted by Gasteiger charge is -2.22. The van der Waals surface area contributed by atoms with Gasteiger partial charge in [0.05, 0.1) is 13.2 Å². The number of rotatable bonds is 5. The van der Waals surface area contributed by atoms with Gasteiger partial charge in [-0.15, -0.1) is 0 Å². The largest absolute Gasteiger partial charge is 0.496 e. The monoisotopic (exact) mass is 303 g/mol. The fourth-order valence-electron chi connectivity index (χ4n) is 2.46. The van der Waals surface area contributed by atoms with Crippen molar-refractivity contribution in [1.82, 2.24) is 5.32 Å². The van der Waals surface area contributed by atoms with E-state index in [1.54, 1.807) is 7.11 Å². The average molecular weight is 304 g/mol. The molecule has 2 rings (SSSR count). The van der Waals surface area contributed by atoms with Gasteiger partial charge in [0.2, 0.25) is 0 Å². The van der Waals surface area contributed by atoms with Gasteiger partial charge in [0.25, 0.3) is 0 Å². The van der Waals surface area contributed by atoms with Crippen molar-refractivity contribution in [3.63, 3.8) is 0 Å². The van der Waals surface area contributed by atoms with Gasteiger partial charge in [0, 0.05) is 10.6 Å². The molecule has 3 heteroatoms. The van der Waals surface area contributed by atoms with Gasteiger partial charge in [-0.25, -0.2) is 0 Å². The second-order valence-corrected chi connectivity index (χ2v) is 5.65. The highest BCUT2D eigenvalue weighted by molar-refractivity contribution is 6.31. The molecule has 1 N–H and O–H groups in total. The van der Waals surface area contributed by atoms with Crippen molar-refractivity contribution < 1.29 is 4.74 Å². The number of ether oxygens (including phenoxy) is 1. The summed E-state index contributed by atoms with van der Waals surface area (Å²) in [5, 5.41) is 4.31. The molecule has 2 nitrogen and oxygen atoms in total. The zero-order valence-corrected chi connectivity index (χ0v) is 13.8. The van der Waals surface area contributed by atoms with E-state index in [-0.39, 0.29) is 6.04 Å². The van der Waals surface area contributed by atoms with Crippen molar-refractivity contribution in [2.24, 2.45) is 0 Å².